The number of hydrogen-bond acceptors (Lipinski definition) is 6. The van der Waals surface area contributed by atoms with Gasteiger partial charge < -0.3 is 4.74 Å². The van der Waals surface area contributed by atoms with Crippen LogP contribution < -0.4 is 10.1 Å². The first kappa shape index (κ1) is 17.9. The molecule has 7 nitrogen and oxygen atoms in total. The van der Waals surface area contributed by atoms with Gasteiger partial charge in [-0.15, -0.1) is 15.3 Å². The molecule has 1 saturated carbocycles. The lowest BCUT2D eigenvalue weighted by atomic mass is 9.89. The van der Waals surface area contributed by atoms with Crippen molar-refractivity contribution in [2.75, 3.05) is 11.9 Å². The Morgan fingerprint density at radius 3 is 2.67 bits per heavy atom. The van der Waals surface area contributed by atoms with Gasteiger partial charge in [0.1, 0.15) is 5.75 Å². The average molecular weight is 385 g/mol. The maximum atomic E-state index is 12.2. The van der Waals surface area contributed by atoms with Gasteiger partial charge >= 0.3 is 0 Å². The highest BCUT2D eigenvalue weighted by Crippen LogP contribution is 2.32. The highest BCUT2D eigenvalue weighted by atomic mass is 32.1. The first-order valence-electron chi connectivity index (χ1n) is 9.31. The van der Waals surface area contributed by atoms with Crippen molar-refractivity contribution in [1.29, 1.82) is 0 Å². The van der Waals surface area contributed by atoms with Gasteiger partial charge in [0, 0.05) is 5.92 Å². The number of aromatic nitrogens is 4. The molecule has 0 spiro atoms. The van der Waals surface area contributed by atoms with E-state index in [2.05, 4.69) is 26.7 Å². The van der Waals surface area contributed by atoms with E-state index < -0.39 is 0 Å². The second-order valence-electron chi connectivity index (χ2n) is 7.15. The summed E-state index contributed by atoms with van der Waals surface area (Å²) in [6.45, 7) is 3.95. The molecule has 8 heteroatoms. The minimum absolute atomic E-state index is 0.0570. The van der Waals surface area contributed by atoms with Crippen molar-refractivity contribution in [2.24, 2.45) is 0 Å². The molecule has 0 radical (unpaired) electrons. The number of fused-ring (bicyclic) bond motifs is 1. The van der Waals surface area contributed by atoms with E-state index in [0.29, 0.717) is 21.8 Å². The predicted octanol–water partition coefficient (Wildman–Crippen LogP) is 3.87. The van der Waals surface area contributed by atoms with E-state index in [0.717, 1.165) is 29.8 Å². The Labute approximate surface area is 161 Å². The molecule has 0 atom stereocenters. The third-order valence-electron chi connectivity index (χ3n) is 4.80. The normalized spacial score (nSPS) is 15.2. The summed E-state index contributed by atoms with van der Waals surface area (Å²) in [4.78, 5) is 12.9. The molecule has 0 bridgehead atoms. The molecule has 27 heavy (non-hydrogen) atoms. The molecule has 0 aliphatic heterocycles. The summed E-state index contributed by atoms with van der Waals surface area (Å²) in [5.41, 5.74) is 2.21. The molecular formula is C19H23N5O2S. The van der Waals surface area contributed by atoms with Crippen molar-refractivity contribution in [1.82, 2.24) is 19.8 Å². The zero-order valence-corrected chi connectivity index (χ0v) is 16.4. The summed E-state index contributed by atoms with van der Waals surface area (Å²) >= 11 is 1.33. The summed E-state index contributed by atoms with van der Waals surface area (Å²) in [7, 11) is 0. The van der Waals surface area contributed by atoms with Gasteiger partial charge in [-0.2, -0.15) is 4.52 Å². The fraction of sp³-hybridized carbons (Fsp3) is 0.474. The molecule has 142 valence electrons. The second-order valence-corrected chi connectivity index (χ2v) is 8.11. The van der Waals surface area contributed by atoms with E-state index in [4.69, 9.17) is 4.74 Å². The summed E-state index contributed by atoms with van der Waals surface area (Å²) < 4.78 is 7.38. The summed E-state index contributed by atoms with van der Waals surface area (Å²) in [5.74, 6) is 1.78. The molecule has 0 saturated heterocycles. The fourth-order valence-electron chi connectivity index (χ4n) is 3.62. The third kappa shape index (κ3) is 4.10. The minimum Gasteiger partial charge on any atom is -0.484 e. The Morgan fingerprint density at radius 2 is 1.93 bits per heavy atom. The van der Waals surface area contributed by atoms with Gasteiger partial charge in [0.2, 0.25) is 10.1 Å². The summed E-state index contributed by atoms with van der Waals surface area (Å²) in [6.07, 6.45) is 6.00. The SMILES string of the molecule is Cc1cc(C)cc(OCC(=O)Nc2nn3c(C4CCCCC4)nnc3s2)c1. The second kappa shape index (κ2) is 7.64. The lowest BCUT2D eigenvalue weighted by Gasteiger charge is -2.18. The van der Waals surface area contributed by atoms with Crippen LogP contribution in [0.4, 0.5) is 5.13 Å². The van der Waals surface area contributed by atoms with Crippen LogP contribution in [0, 0.1) is 13.8 Å². The number of benzene rings is 1. The lowest BCUT2D eigenvalue weighted by molar-refractivity contribution is -0.118. The van der Waals surface area contributed by atoms with E-state index >= 15 is 0 Å². The molecule has 2 heterocycles. The van der Waals surface area contributed by atoms with Crippen molar-refractivity contribution >= 4 is 27.3 Å². The number of nitrogens with one attached hydrogen (secondary N) is 1. The largest absolute Gasteiger partial charge is 0.484 e. The number of carbonyl (C=O) groups excluding carboxylic acids is 1. The van der Waals surface area contributed by atoms with Gasteiger partial charge in [-0.05, 0) is 49.9 Å². The molecular weight excluding hydrogens is 362 g/mol. The highest BCUT2D eigenvalue weighted by Gasteiger charge is 2.23. The van der Waals surface area contributed by atoms with Crippen LogP contribution in [0.5, 0.6) is 5.75 Å². The van der Waals surface area contributed by atoms with Crippen molar-refractivity contribution in [3.63, 3.8) is 0 Å². The zero-order valence-electron chi connectivity index (χ0n) is 15.6. The van der Waals surface area contributed by atoms with E-state index in [9.17, 15) is 4.79 Å². The van der Waals surface area contributed by atoms with Crippen LogP contribution in [0.3, 0.4) is 0 Å². The molecule has 0 unspecified atom stereocenters. The van der Waals surface area contributed by atoms with Crippen LogP contribution in [0.2, 0.25) is 0 Å². The van der Waals surface area contributed by atoms with Gasteiger partial charge in [0.25, 0.3) is 5.91 Å². The first-order valence-corrected chi connectivity index (χ1v) is 10.1. The first-order chi connectivity index (χ1) is 13.1. The van der Waals surface area contributed by atoms with Crippen LogP contribution in [0.15, 0.2) is 18.2 Å². The standard InChI is InChI=1S/C19H23N5O2S/c1-12-8-13(2)10-15(9-12)26-11-16(25)20-18-23-24-17(21-22-19(24)27-18)14-6-4-3-5-7-14/h8-10,14H,3-7,11H2,1-2H3,(H,20,23,25). The van der Waals surface area contributed by atoms with Gasteiger partial charge in [0.15, 0.2) is 12.4 Å². The molecule has 1 amide bonds. The summed E-state index contributed by atoms with van der Waals surface area (Å²) in [5, 5.41) is 16.4. The number of aryl methyl sites for hydroxylation is 2. The van der Waals surface area contributed by atoms with Crippen LogP contribution in [0.25, 0.3) is 4.96 Å². The number of amides is 1. The molecule has 1 aromatic carbocycles. The molecule has 1 aliphatic carbocycles. The van der Waals surface area contributed by atoms with E-state index in [1.54, 1.807) is 4.52 Å². The maximum Gasteiger partial charge on any atom is 0.264 e. The minimum atomic E-state index is -0.238. The Bertz CT molecular complexity index is 938. The number of nitrogens with zero attached hydrogens (tertiary/aromatic N) is 4. The van der Waals surface area contributed by atoms with Crippen LogP contribution >= 0.6 is 11.3 Å². The third-order valence-corrected chi connectivity index (χ3v) is 5.61. The quantitative estimate of drug-likeness (QED) is 0.721. The number of rotatable bonds is 5. The average Bonchev–Trinajstić information content (AvgIpc) is 3.20. The Hall–Kier alpha value is -2.48. The van der Waals surface area contributed by atoms with Crippen molar-refractivity contribution in [3.8, 4) is 5.75 Å². The van der Waals surface area contributed by atoms with Gasteiger partial charge in [-0.1, -0.05) is 36.7 Å². The highest BCUT2D eigenvalue weighted by molar-refractivity contribution is 7.20. The zero-order chi connectivity index (χ0) is 18.8. The van der Waals surface area contributed by atoms with Crippen molar-refractivity contribution in [3.05, 3.63) is 35.2 Å². The van der Waals surface area contributed by atoms with Gasteiger partial charge in [-0.3, -0.25) is 10.1 Å². The molecule has 1 N–H and O–H groups in total. The number of anilines is 1. The topological polar surface area (TPSA) is 81.4 Å². The van der Waals surface area contributed by atoms with Crippen LogP contribution in [-0.2, 0) is 4.79 Å². The number of carbonyl (C=O) groups is 1. The molecule has 4 rings (SSSR count). The number of hydrogen-bond donors (Lipinski definition) is 1. The molecule has 2 aromatic heterocycles. The smallest absolute Gasteiger partial charge is 0.264 e. The summed E-state index contributed by atoms with van der Waals surface area (Å²) in [6, 6.07) is 5.90. The van der Waals surface area contributed by atoms with Crippen LogP contribution in [-0.4, -0.2) is 32.3 Å². The van der Waals surface area contributed by atoms with Crippen molar-refractivity contribution in [2.45, 2.75) is 51.9 Å². The fourth-order valence-corrected chi connectivity index (χ4v) is 4.38. The number of ether oxygens (including phenoxy) is 1. The van der Waals surface area contributed by atoms with Crippen LogP contribution in [0.1, 0.15) is 55.0 Å². The van der Waals surface area contributed by atoms with E-state index in [1.165, 1.54) is 30.6 Å². The van der Waals surface area contributed by atoms with E-state index in [1.807, 2.05) is 26.0 Å². The van der Waals surface area contributed by atoms with Gasteiger partial charge in [-0.25, -0.2) is 0 Å². The Morgan fingerprint density at radius 1 is 1.19 bits per heavy atom. The van der Waals surface area contributed by atoms with Crippen molar-refractivity contribution < 1.29 is 9.53 Å². The monoisotopic (exact) mass is 385 g/mol. The maximum absolute atomic E-state index is 12.2. The van der Waals surface area contributed by atoms with E-state index in [-0.39, 0.29) is 12.5 Å². The molecule has 1 aliphatic rings. The molecule has 3 aromatic rings. The Kier molecular flexibility index (Phi) is 5.07. The van der Waals surface area contributed by atoms with Gasteiger partial charge in [0.05, 0.1) is 0 Å². The lowest BCUT2D eigenvalue weighted by Crippen LogP contribution is -2.20. The molecule has 1 fully saturated rings. The Balaban J connectivity index is 1.40. The predicted molar refractivity (Wildman–Crippen MR) is 105 cm³/mol.